The number of fused-ring (bicyclic) bond motifs is 1. The molecule has 12 heteroatoms. The summed E-state index contributed by atoms with van der Waals surface area (Å²) in [6.07, 6.45) is 4.90. The third-order valence-electron chi connectivity index (χ3n) is 5.73. The highest BCUT2D eigenvalue weighted by Crippen LogP contribution is 2.50. The first-order valence-corrected chi connectivity index (χ1v) is 10.5. The summed E-state index contributed by atoms with van der Waals surface area (Å²) < 4.78 is 30.7. The number of amides is 1. The Kier molecular flexibility index (Phi) is 5.24. The highest BCUT2D eigenvalue weighted by atomic mass is 35.5. The molecule has 0 bridgehead atoms. The lowest BCUT2D eigenvalue weighted by atomic mass is 9.60. The van der Waals surface area contributed by atoms with Gasteiger partial charge in [-0.3, -0.25) is 4.79 Å². The van der Waals surface area contributed by atoms with E-state index in [1.54, 1.807) is 13.8 Å². The fourth-order valence-corrected chi connectivity index (χ4v) is 4.87. The lowest BCUT2D eigenvalue weighted by Gasteiger charge is -2.52. The topological polar surface area (TPSA) is 140 Å². The van der Waals surface area contributed by atoms with Crippen LogP contribution in [-0.4, -0.2) is 49.0 Å². The molecule has 28 heavy (non-hydrogen) atoms. The molecule has 3 heterocycles. The van der Waals surface area contributed by atoms with Crippen molar-refractivity contribution in [2.24, 2.45) is 10.6 Å². The van der Waals surface area contributed by atoms with Crippen molar-refractivity contribution in [1.29, 1.82) is 0 Å². The van der Waals surface area contributed by atoms with Crippen molar-refractivity contribution >= 4 is 40.2 Å². The molecule has 4 N–H and O–H groups in total. The molecule has 156 valence electrons. The Labute approximate surface area is 170 Å². The molecule has 4 rings (SSSR count). The SMILES string of the molecule is CC1(C)Oc2c(ncnc2N2CCC3(CC2)CC(NS(N)(=O)=O)C3)NC1=O.Cl. The average molecular weight is 433 g/mol. The molecule has 10 nitrogen and oxygen atoms in total. The van der Waals surface area contributed by atoms with E-state index in [1.807, 2.05) is 0 Å². The number of hydrogen-bond donors (Lipinski definition) is 3. The lowest BCUT2D eigenvalue weighted by Crippen LogP contribution is -2.56. The van der Waals surface area contributed by atoms with Gasteiger partial charge < -0.3 is 15.0 Å². The van der Waals surface area contributed by atoms with Gasteiger partial charge >= 0.3 is 0 Å². The second kappa shape index (κ2) is 6.97. The minimum absolute atomic E-state index is 0. The van der Waals surface area contributed by atoms with Gasteiger partial charge in [0.25, 0.3) is 16.1 Å². The van der Waals surface area contributed by atoms with E-state index in [9.17, 15) is 13.2 Å². The maximum absolute atomic E-state index is 12.1. The van der Waals surface area contributed by atoms with Gasteiger partial charge in [0.05, 0.1) is 0 Å². The number of nitrogens with zero attached hydrogens (tertiary/aromatic N) is 3. The Morgan fingerprint density at radius 2 is 1.93 bits per heavy atom. The van der Waals surface area contributed by atoms with E-state index in [4.69, 9.17) is 9.88 Å². The number of ether oxygens (including phenoxy) is 1. The van der Waals surface area contributed by atoms with Crippen LogP contribution in [0.2, 0.25) is 0 Å². The maximum Gasteiger partial charge on any atom is 0.274 e. The Bertz CT molecular complexity index is 877. The highest BCUT2D eigenvalue weighted by Gasteiger charge is 2.47. The van der Waals surface area contributed by atoms with Crippen molar-refractivity contribution in [3.05, 3.63) is 6.33 Å². The Morgan fingerprint density at radius 1 is 1.29 bits per heavy atom. The number of halogens is 1. The van der Waals surface area contributed by atoms with E-state index in [2.05, 4.69) is 24.9 Å². The standard InChI is InChI=1S/C16H24N6O4S.ClH/c1-15(2)14(23)20-12-11(26-15)13(19-9-18-12)22-5-3-16(4-6-22)7-10(8-16)21-27(17,24)25;/h9-10,21H,3-8H2,1-2H3,(H2,17,24,25)(H,18,19,20,23);1H. The van der Waals surface area contributed by atoms with Crippen molar-refractivity contribution in [3.8, 4) is 5.75 Å². The van der Waals surface area contributed by atoms with Gasteiger partial charge in [0, 0.05) is 19.1 Å². The van der Waals surface area contributed by atoms with E-state index in [1.165, 1.54) is 6.33 Å². The fraction of sp³-hybridized carbons (Fsp3) is 0.688. The molecule has 0 radical (unpaired) electrons. The van der Waals surface area contributed by atoms with Crippen molar-refractivity contribution in [2.75, 3.05) is 23.3 Å². The maximum atomic E-state index is 12.1. The Balaban J connectivity index is 0.00000225. The average Bonchev–Trinajstić information content (AvgIpc) is 2.53. The zero-order valence-corrected chi connectivity index (χ0v) is 17.4. The van der Waals surface area contributed by atoms with Crippen LogP contribution in [0.4, 0.5) is 11.6 Å². The number of rotatable bonds is 3. The van der Waals surface area contributed by atoms with E-state index in [0.29, 0.717) is 17.4 Å². The number of nitrogens with two attached hydrogens (primary N) is 1. The number of carbonyl (C=O) groups excluding carboxylic acids is 1. The van der Waals surface area contributed by atoms with Crippen LogP contribution >= 0.6 is 12.4 Å². The predicted octanol–water partition coefficient (Wildman–Crippen LogP) is 0.550. The molecule has 1 saturated carbocycles. The van der Waals surface area contributed by atoms with Crippen molar-refractivity contribution in [3.63, 3.8) is 0 Å². The van der Waals surface area contributed by atoms with Crippen LogP contribution < -0.4 is 24.8 Å². The summed E-state index contributed by atoms with van der Waals surface area (Å²) in [4.78, 5) is 22.7. The number of carbonyl (C=O) groups is 1. The minimum atomic E-state index is -3.65. The number of piperidine rings is 1. The van der Waals surface area contributed by atoms with Crippen LogP contribution in [-0.2, 0) is 15.0 Å². The van der Waals surface area contributed by atoms with Gasteiger partial charge in [0.2, 0.25) is 5.75 Å². The molecule has 1 aliphatic carbocycles. The van der Waals surface area contributed by atoms with Crippen molar-refractivity contribution < 1.29 is 17.9 Å². The summed E-state index contributed by atoms with van der Waals surface area (Å²) in [6.45, 7) is 4.98. The zero-order chi connectivity index (χ0) is 19.4. The molecule has 0 aromatic carbocycles. The number of anilines is 2. The first kappa shape index (κ1) is 21.0. The smallest absolute Gasteiger partial charge is 0.274 e. The van der Waals surface area contributed by atoms with Gasteiger partial charge in [-0.1, -0.05) is 0 Å². The molecular formula is C16H25ClN6O4S. The van der Waals surface area contributed by atoms with E-state index in [0.717, 1.165) is 38.8 Å². The molecule has 1 aromatic rings. The van der Waals surface area contributed by atoms with Gasteiger partial charge in [-0.15, -0.1) is 12.4 Å². The molecule has 1 saturated heterocycles. The molecule has 2 fully saturated rings. The zero-order valence-electron chi connectivity index (χ0n) is 15.8. The van der Waals surface area contributed by atoms with Gasteiger partial charge in [0.15, 0.2) is 17.2 Å². The summed E-state index contributed by atoms with van der Waals surface area (Å²) in [5.41, 5.74) is -0.829. The summed E-state index contributed by atoms with van der Waals surface area (Å²) in [6, 6.07) is -0.0716. The van der Waals surface area contributed by atoms with E-state index >= 15 is 0 Å². The van der Waals surface area contributed by atoms with Crippen LogP contribution in [0.15, 0.2) is 6.33 Å². The second-order valence-corrected chi connectivity index (χ2v) is 9.52. The number of nitrogens with one attached hydrogen (secondary N) is 2. The van der Waals surface area contributed by atoms with Crippen LogP contribution in [0, 0.1) is 5.41 Å². The molecule has 1 amide bonds. The Morgan fingerprint density at radius 3 is 2.54 bits per heavy atom. The molecular weight excluding hydrogens is 408 g/mol. The minimum Gasteiger partial charge on any atom is -0.470 e. The van der Waals surface area contributed by atoms with Gasteiger partial charge in [-0.25, -0.2) is 15.1 Å². The van der Waals surface area contributed by atoms with Crippen molar-refractivity contribution in [2.45, 2.75) is 51.2 Å². The van der Waals surface area contributed by atoms with Crippen LogP contribution in [0.1, 0.15) is 39.5 Å². The van der Waals surface area contributed by atoms with Crippen LogP contribution in [0.5, 0.6) is 5.75 Å². The first-order chi connectivity index (χ1) is 12.6. The summed E-state index contributed by atoms with van der Waals surface area (Å²) in [7, 11) is -3.65. The highest BCUT2D eigenvalue weighted by molar-refractivity contribution is 7.87. The molecule has 0 atom stereocenters. The Hall–Kier alpha value is -1.69. The van der Waals surface area contributed by atoms with Crippen LogP contribution in [0.3, 0.4) is 0 Å². The van der Waals surface area contributed by atoms with Crippen molar-refractivity contribution in [1.82, 2.24) is 14.7 Å². The van der Waals surface area contributed by atoms with Gasteiger partial charge in [-0.2, -0.15) is 13.1 Å². The van der Waals surface area contributed by atoms with Crippen LogP contribution in [0.25, 0.3) is 0 Å². The molecule has 3 aliphatic rings. The quantitative estimate of drug-likeness (QED) is 0.633. The number of aromatic nitrogens is 2. The summed E-state index contributed by atoms with van der Waals surface area (Å²) >= 11 is 0. The third kappa shape index (κ3) is 3.88. The lowest BCUT2D eigenvalue weighted by molar-refractivity contribution is -0.129. The fourth-order valence-electron chi connectivity index (χ4n) is 4.23. The van der Waals surface area contributed by atoms with Gasteiger partial charge in [0.1, 0.15) is 6.33 Å². The molecule has 2 aliphatic heterocycles. The molecule has 1 aromatic heterocycles. The second-order valence-electron chi connectivity index (χ2n) is 8.20. The summed E-state index contributed by atoms with van der Waals surface area (Å²) in [5, 5.41) is 7.83. The summed E-state index contributed by atoms with van der Waals surface area (Å²) in [5.74, 6) is 1.34. The predicted molar refractivity (Wildman–Crippen MR) is 106 cm³/mol. The van der Waals surface area contributed by atoms with Gasteiger partial charge in [-0.05, 0) is 44.9 Å². The molecule has 0 unspecified atom stereocenters. The normalized spacial score (nSPS) is 23.1. The molecule has 1 spiro atoms. The van der Waals surface area contributed by atoms with E-state index in [-0.39, 0.29) is 29.8 Å². The third-order valence-corrected chi connectivity index (χ3v) is 6.40. The van der Waals surface area contributed by atoms with E-state index < -0.39 is 15.8 Å². The monoisotopic (exact) mass is 432 g/mol. The largest absolute Gasteiger partial charge is 0.470 e. The first-order valence-electron chi connectivity index (χ1n) is 8.97. The number of hydrogen-bond acceptors (Lipinski definition) is 7.